The number of anilines is 1. The number of rotatable bonds is 1. The molecule has 1 saturated heterocycles. The lowest BCUT2D eigenvalue weighted by molar-refractivity contribution is 0.311. The lowest BCUT2D eigenvalue weighted by Crippen LogP contribution is -2.45. The number of aryl methyl sites for hydroxylation is 1. The van der Waals surface area contributed by atoms with E-state index in [2.05, 4.69) is 28.0 Å². The van der Waals surface area contributed by atoms with E-state index in [-0.39, 0.29) is 0 Å². The Hall–Kier alpha value is -1.03. The van der Waals surface area contributed by atoms with Crippen molar-refractivity contribution in [1.82, 2.24) is 14.7 Å². The van der Waals surface area contributed by atoms with E-state index in [9.17, 15) is 0 Å². The molecular weight excluding hydrogens is 164 g/mol. The van der Waals surface area contributed by atoms with Crippen molar-refractivity contribution in [3.8, 4) is 0 Å². The van der Waals surface area contributed by atoms with E-state index < -0.39 is 0 Å². The van der Waals surface area contributed by atoms with Crippen LogP contribution in [0.15, 0.2) is 12.3 Å². The van der Waals surface area contributed by atoms with Crippen molar-refractivity contribution < 1.29 is 0 Å². The van der Waals surface area contributed by atoms with Gasteiger partial charge < -0.3 is 9.80 Å². The maximum atomic E-state index is 4.17. The standard InChI is InChI=1S/C9H16N4/c1-11-5-7-13(8-6-11)9-3-4-10-12(9)2/h3-4H,5-8H2,1-2H3. The van der Waals surface area contributed by atoms with Gasteiger partial charge in [-0.15, -0.1) is 0 Å². The molecule has 13 heavy (non-hydrogen) atoms. The minimum Gasteiger partial charge on any atom is -0.354 e. The topological polar surface area (TPSA) is 24.3 Å². The second-order valence-corrected chi connectivity index (χ2v) is 3.60. The second kappa shape index (κ2) is 3.38. The van der Waals surface area contributed by atoms with Gasteiger partial charge in [0.15, 0.2) is 0 Å². The highest BCUT2D eigenvalue weighted by atomic mass is 15.4. The zero-order chi connectivity index (χ0) is 9.26. The van der Waals surface area contributed by atoms with Gasteiger partial charge in [-0.2, -0.15) is 5.10 Å². The molecular formula is C9H16N4. The molecule has 0 spiro atoms. The molecule has 0 radical (unpaired) electrons. The molecule has 0 N–H and O–H groups in total. The predicted molar refractivity (Wildman–Crippen MR) is 52.9 cm³/mol. The Balaban J connectivity index is 2.06. The fourth-order valence-corrected chi connectivity index (χ4v) is 1.71. The molecule has 1 aliphatic heterocycles. The maximum Gasteiger partial charge on any atom is 0.126 e. The summed E-state index contributed by atoms with van der Waals surface area (Å²) in [5.41, 5.74) is 0. The molecule has 4 nitrogen and oxygen atoms in total. The Morgan fingerprint density at radius 3 is 2.38 bits per heavy atom. The SMILES string of the molecule is CN1CCN(c2ccnn2C)CC1. The third kappa shape index (κ3) is 1.67. The fourth-order valence-electron chi connectivity index (χ4n) is 1.71. The summed E-state index contributed by atoms with van der Waals surface area (Å²) in [5.74, 6) is 1.23. The van der Waals surface area contributed by atoms with E-state index in [4.69, 9.17) is 0 Å². The van der Waals surface area contributed by atoms with Crippen molar-refractivity contribution in [1.29, 1.82) is 0 Å². The van der Waals surface area contributed by atoms with Crippen LogP contribution in [0.25, 0.3) is 0 Å². The number of aromatic nitrogens is 2. The van der Waals surface area contributed by atoms with Crippen LogP contribution in [0.3, 0.4) is 0 Å². The molecule has 0 saturated carbocycles. The molecule has 2 rings (SSSR count). The molecule has 0 unspecified atom stereocenters. The van der Waals surface area contributed by atoms with Gasteiger partial charge in [-0.3, -0.25) is 4.68 Å². The van der Waals surface area contributed by atoms with Crippen molar-refractivity contribution in [2.75, 3.05) is 38.1 Å². The molecule has 0 aromatic carbocycles. The zero-order valence-electron chi connectivity index (χ0n) is 8.27. The van der Waals surface area contributed by atoms with Crippen LogP contribution in [0.2, 0.25) is 0 Å². The van der Waals surface area contributed by atoms with Gasteiger partial charge in [0.1, 0.15) is 5.82 Å². The average Bonchev–Trinajstić information content (AvgIpc) is 2.53. The summed E-state index contributed by atoms with van der Waals surface area (Å²) in [6.07, 6.45) is 1.85. The van der Waals surface area contributed by atoms with Crippen molar-refractivity contribution >= 4 is 5.82 Å². The zero-order valence-corrected chi connectivity index (χ0v) is 8.27. The first kappa shape index (κ1) is 8.56. The molecule has 2 heterocycles. The number of piperazine rings is 1. The Kier molecular flexibility index (Phi) is 2.22. The first-order chi connectivity index (χ1) is 6.27. The smallest absolute Gasteiger partial charge is 0.126 e. The largest absolute Gasteiger partial charge is 0.354 e. The second-order valence-electron chi connectivity index (χ2n) is 3.60. The van der Waals surface area contributed by atoms with Crippen LogP contribution < -0.4 is 4.90 Å². The molecule has 1 aromatic rings. The molecule has 0 atom stereocenters. The lowest BCUT2D eigenvalue weighted by atomic mass is 10.3. The summed E-state index contributed by atoms with van der Waals surface area (Å²) in [6.45, 7) is 4.50. The van der Waals surface area contributed by atoms with Crippen LogP contribution in [0.4, 0.5) is 5.82 Å². The fraction of sp³-hybridized carbons (Fsp3) is 0.667. The van der Waals surface area contributed by atoms with Crippen LogP contribution >= 0.6 is 0 Å². The highest BCUT2D eigenvalue weighted by Crippen LogP contribution is 2.13. The molecule has 1 aromatic heterocycles. The van der Waals surface area contributed by atoms with Gasteiger partial charge in [-0.05, 0) is 7.05 Å². The van der Waals surface area contributed by atoms with Crippen LogP contribution in [0.5, 0.6) is 0 Å². The summed E-state index contributed by atoms with van der Waals surface area (Å²) < 4.78 is 1.94. The van der Waals surface area contributed by atoms with E-state index in [0.717, 1.165) is 26.2 Å². The summed E-state index contributed by atoms with van der Waals surface area (Å²) in [7, 11) is 4.16. The highest BCUT2D eigenvalue weighted by Gasteiger charge is 2.15. The van der Waals surface area contributed by atoms with Gasteiger partial charge in [0.25, 0.3) is 0 Å². The number of nitrogens with zero attached hydrogens (tertiary/aromatic N) is 4. The summed E-state index contributed by atoms with van der Waals surface area (Å²) in [6, 6.07) is 2.07. The number of hydrogen-bond acceptors (Lipinski definition) is 3. The minimum atomic E-state index is 1.11. The monoisotopic (exact) mass is 180 g/mol. The quantitative estimate of drug-likeness (QED) is 0.616. The van der Waals surface area contributed by atoms with Crippen LogP contribution in [-0.4, -0.2) is 47.9 Å². The average molecular weight is 180 g/mol. The predicted octanol–water partition coefficient (Wildman–Crippen LogP) is 0.172. The molecule has 0 amide bonds. The van der Waals surface area contributed by atoms with E-state index >= 15 is 0 Å². The van der Waals surface area contributed by atoms with E-state index in [1.165, 1.54) is 5.82 Å². The third-order valence-corrected chi connectivity index (χ3v) is 2.62. The normalized spacial score (nSPS) is 19.4. The van der Waals surface area contributed by atoms with Crippen molar-refractivity contribution in [2.24, 2.45) is 7.05 Å². The summed E-state index contributed by atoms with van der Waals surface area (Å²) >= 11 is 0. The van der Waals surface area contributed by atoms with Gasteiger partial charge in [0, 0.05) is 39.3 Å². The highest BCUT2D eigenvalue weighted by molar-refractivity contribution is 5.38. The van der Waals surface area contributed by atoms with E-state index in [1.54, 1.807) is 0 Å². The van der Waals surface area contributed by atoms with Gasteiger partial charge in [0.05, 0.1) is 6.20 Å². The minimum absolute atomic E-state index is 1.11. The van der Waals surface area contributed by atoms with Crippen molar-refractivity contribution in [3.05, 3.63) is 12.3 Å². The first-order valence-electron chi connectivity index (χ1n) is 4.69. The Morgan fingerprint density at radius 1 is 1.15 bits per heavy atom. The Bertz CT molecular complexity index is 273. The lowest BCUT2D eigenvalue weighted by Gasteiger charge is -2.33. The van der Waals surface area contributed by atoms with Crippen LogP contribution in [-0.2, 0) is 7.05 Å². The van der Waals surface area contributed by atoms with Gasteiger partial charge >= 0.3 is 0 Å². The molecule has 0 bridgehead atoms. The first-order valence-corrected chi connectivity index (χ1v) is 4.69. The summed E-state index contributed by atoms with van der Waals surface area (Å²) in [4.78, 5) is 4.74. The molecule has 4 heteroatoms. The molecule has 72 valence electrons. The number of likely N-dealkylation sites (N-methyl/N-ethyl adjacent to an activating group) is 1. The van der Waals surface area contributed by atoms with Crippen molar-refractivity contribution in [3.63, 3.8) is 0 Å². The number of hydrogen-bond donors (Lipinski definition) is 0. The molecule has 1 aliphatic rings. The van der Waals surface area contributed by atoms with E-state index in [0.29, 0.717) is 0 Å². The van der Waals surface area contributed by atoms with Gasteiger partial charge in [0.2, 0.25) is 0 Å². The molecule has 1 fully saturated rings. The van der Waals surface area contributed by atoms with E-state index in [1.807, 2.05) is 17.9 Å². The van der Waals surface area contributed by atoms with Gasteiger partial charge in [-0.1, -0.05) is 0 Å². The maximum absolute atomic E-state index is 4.17. The van der Waals surface area contributed by atoms with Crippen LogP contribution in [0.1, 0.15) is 0 Å². The Labute approximate surface area is 78.7 Å². The third-order valence-electron chi connectivity index (χ3n) is 2.62. The Morgan fingerprint density at radius 2 is 1.85 bits per heavy atom. The van der Waals surface area contributed by atoms with Crippen molar-refractivity contribution in [2.45, 2.75) is 0 Å². The van der Waals surface area contributed by atoms with Gasteiger partial charge in [-0.25, -0.2) is 0 Å². The van der Waals surface area contributed by atoms with Crippen LogP contribution in [0, 0.1) is 0 Å². The summed E-state index contributed by atoms with van der Waals surface area (Å²) in [5, 5.41) is 4.17. The molecule has 0 aliphatic carbocycles.